The van der Waals surface area contributed by atoms with Gasteiger partial charge in [0, 0.05) is 38.3 Å². The minimum absolute atomic E-state index is 0.0353. The first-order valence-electron chi connectivity index (χ1n) is 10.3. The highest BCUT2D eigenvalue weighted by atomic mass is 35.5. The van der Waals surface area contributed by atoms with E-state index in [0.29, 0.717) is 0 Å². The fourth-order valence-corrected chi connectivity index (χ4v) is 3.87. The van der Waals surface area contributed by atoms with Gasteiger partial charge in [0.05, 0.1) is 10.5 Å². The third-order valence-electron chi connectivity index (χ3n) is 5.48. The van der Waals surface area contributed by atoms with Crippen molar-refractivity contribution >= 4 is 35.0 Å². The predicted octanol–water partition coefficient (Wildman–Crippen LogP) is 5.43. The zero-order chi connectivity index (χ0) is 25.3. The molecule has 0 bridgehead atoms. The number of benzene rings is 2. The molecule has 0 unspecified atom stereocenters. The molecule has 2 heterocycles. The van der Waals surface area contributed by atoms with E-state index in [4.69, 9.17) is 16.0 Å². The molecule has 0 spiro atoms. The number of piperazine rings is 1. The van der Waals surface area contributed by atoms with Crippen LogP contribution in [0, 0.1) is 33.4 Å². The lowest BCUT2D eigenvalue weighted by Gasteiger charge is -2.36. The first kappa shape index (κ1) is 24.3. The second kappa shape index (κ2) is 9.79. The highest BCUT2D eigenvalue weighted by molar-refractivity contribution is 6.31. The molecule has 1 aliphatic rings. The first-order chi connectivity index (χ1) is 16.7. The maximum absolute atomic E-state index is 14.2. The number of carbonyl (C=O) groups excluding carboxylic acids is 1. The van der Waals surface area contributed by atoms with Crippen LogP contribution >= 0.6 is 11.6 Å². The van der Waals surface area contributed by atoms with Gasteiger partial charge in [0.2, 0.25) is 5.91 Å². The Morgan fingerprint density at radius 1 is 0.971 bits per heavy atom. The van der Waals surface area contributed by atoms with Crippen molar-refractivity contribution in [2.45, 2.75) is 0 Å². The average Bonchev–Trinajstić information content (AvgIpc) is 3.34. The van der Waals surface area contributed by atoms with Gasteiger partial charge in [0.1, 0.15) is 22.2 Å². The van der Waals surface area contributed by atoms with E-state index in [1.54, 1.807) is 24.3 Å². The van der Waals surface area contributed by atoms with E-state index in [2.05, 4.69) is 0 Å². The van der Waals surface area contributed by atoms with E-state index in [9.17, 15) is 32.5 Å². The maximum atomic E-state index is 14.2. The van der Waals surface area contributed by atoms with E-state index in [0.717, 1.165) is 4.90 Å². The predicted molar refractivity (Wildman–Crippen MR) is 120 cm³/mol. The zero-order valence-corrected chi connectivity index (χ0v) is 18.6. The van der Waals surface area contributed by atoms with Gasteiger partial charge in [-0.2, -0.15) is 0 Å². The summed E-state index contributed by atoms with van der Waals surface area (Å²) in [6.07, 6.45) is 2.61. The number of anilines is 1. The van der Waals surface area contributed by atoms with Crippen LogP contribution in [0.1, 0.15) is 5.76 Å². The largest absolute Gasteiger partial charge is 0.456 e. The summed E-state index contributed by atoms with van der Waals surface area (Å²) in [5.74, 6) is -6.45. The van der Waals surface area contributed by atoms with E-state index in [1.807, 2.05) is 0 Å². The highest BCUT2D eigenvalue weighted by Gasteiger charge is 2.30. The number of nitrogens with zero attached hydrogens (tertiary/aromatic N) is 3. The minimum atomic E-state index is -1.68. The van der Waals surface area contributed by atoms with Gasteiger partial charge in [-0.05, 0) is 24.3 Å². The van der Waals surface area contributed by atoms with Crippen molar-refractivity contribution in [3.63, 3.8) is 0 Å². The van der Waals surface area contributed by atoms with Crippen LogP contribution in [0.25, 0.3) is 17.4 Å². The molecule has 7 nitrogen and oxygen atoms in total. The normalized spacial score (nSPS) is 14.1. The molecule has 4 rings (SSSR count). The molecule has 2 aromatic carbocycles. The fraction of sp³-hybridized carbons (Fsp3) is 0.174. The molecule has 0 atom stereocenters. The number of furan rings is 1. The van der Waals surface area contributed by atoms with E-state index < -0.39 is 44.8 Å². The summed E-state index contributed by atoms with van der Waals surface area (Å²) in [5.41, 5.74) is -0.709. The van der Waals surface area contributed by atoms with Gasteiger partial charge in [-0.25, -0.2) is 17.6 Å². The minimum Gasteiger partial charge on any atom is -0.456 e. The standard InChI is InChI=1S/C23H16ClF4N3O4/c24-18-19(25)21(27)23(22(28)20(18)26)30-11-9-29(10-12-30)17(32)8-6-13-5-7-16(35-13)14-3-1-2-4-15(14)31(33)34/h1-8H,9-12H2. The number of carbonyl (C=O) groups is 1. The molecule has 0 N–H and O–H groups in total. The molecular weight excluding hydrogens is 494 g/mol. The summed E-state index contributed by atoms with van der Waals surface area (Å²) < 4.78 is 61.5. The van der Waals surface area contributed by atoms with Crippen molar-refractivity contribution in [1.82, 2.24) is 4.90 Å². The molecule has 3 aromatic rings. The number of amides is 1. The highest BCUT2D eigenvalue weighted by Crippen LogP contribution is 2.34. The maximum Gasteiger partial charge on any atom is 0.280 e. The number of halogens is 5. The number of nitro benzene ring substituents is 1. The topological polar surface area (TPSA) is 79.8 Å². The Morgan fingerprint density at radius 2 is 1.60 bits per heavy atom. The van der Waals surface area contributed by atoms with Crippen molar-refractivity contribution in [2.24, 2.45) is 0 Å². The average molecular weight is 510 g/mol. The summed E-state index contributed by atoms with van der Waals surface area (Å²) in [4.78, 5) is 25.7. The molecule has 1 aromatic heterocycles. The Labute approximate surface area is 200 Å². The molecule has 35 heavy (non-hydrogen) atoms. The number of hydrogen-bond acceptors (Lipinski definition) is 5. The third-order valence-corrected chi connectivity index (χ3v) is 5.81. The lowest BCUT2D eigenvalue weighted by atomic mass is 10.1. The molecule has 0 saturated carbocycles. The van der Waals surface area contributed by atoms with Gasteiger partial charge in [-0.15, -0.1) is 0 Å². The number of nitro groups is 1. The lowest BCUT2D eigenvalue weighted by Crippen LogP contribution is -2.49. The Hall–Kier alpha value is -3.86. The number of para-hydroxylation sites is 1. The molecule has 1 amide bonds. The van der Waals surface area contributed by atoms with Crippen LogP contribution in [0.3, 0.4) is 0 Å². The lowest BCUT2D eigenvalue weighted by molar-refractivity contribution is -0.384. The van der Waals surface area contributed by atoms with Crippen LogP contribution in [-0.4, -0.2) is 41.9 Å². The van der Waals surface area contributed by atoms with Crippen LogP contribution in [0.15, 0.2) is 46.9 Å². The summed E-state index contributed by atoms with van der Waals surface area (Å²) in [6.45, 7) is -0.0753. The van der Waals surface area contributed by atoms with Crippen molar-refractivity contribution in [3.05, 3.63) is 86.6 Å². The van der Waals surface area contributed by atoms with E-state index in [1.165, 1.54) is 29.2 Å². The first-order valence-corrected chi connectivity index (χ1v) is 10.6. The summed E-state index contributed by atoms with van der Waals surface area (Å²) in [7, 11) is 0. The molecule has 0 aliphatic carbocycles. The van der Waals surface area contributed by atoms with Gasteiger partial charge in [0.15, 0.2) is 23.3 Å². The Balaban J connectivity index is 1.42. The van der Waals surface area contributed by atoms with Crippen molar-refractivity contribution in [3.8, 4) is 11.3 Å². The van der Waals surface area contributed by atoms with Gasteiger partial charge >= 0.3 is 0 Å². The van der Waals surface area contributed by atoms with Crippen molar-refractivity contribution in [2.75, 3.05) is 31.1 Å². The second-order valence-electron chi connectivity index (χ2n) is 7.54. The zero-order valence-electron chi connectivity index (χ0n) is 17.8. The van der Waals surface area contributed by atoms with Gasteiger partial charge in [-0.3, -0.25) is 14.9 Å². The van der Waals surface area contributed by atoms with Crippen LogP contribution in [0.2, 0.25) is 5.02 Å². The van der Waals surface area contributed by atoms with Gasteiger partial charge in [-0.1, -0.05) is 23.7 Å². The molecule has 182 valence electrons. The van der Waals surface area contributed by atoms with Crippen molar-refractivity contribution < 1.29 is 31.7 Å². The molecule has 12 heteroatoms. The van der Waals surface area contributed by atoms with E-state index >= 15 is 0 Å². The van der Waals surface area contributed by atoms with Crippen LogP contribution in [0.5, 0.6) is 0 Å². The molecule has 1 fully saturated rings. The molecule has 1 saturated heterocycles. The quantitative estimate of drug-likeness (QED) is 0.114. The smallest absolute Gasteiger partial charge is 0.280 e. The van der Waals surface area contributed by atoms with Crippen LogP contribution in [0.4, 0.5) is 28.9 Å². The summed E-state index contributed by atoms with van der Waals surface area (Å²) in [5, 5.41) is 9.94. The van der Waals surface area contributed by atoms with E-state index in [-0.39, 0.29) is 49.0 Å². The van der Waals surface area contributed by atoms with Crippen molar-refractivity contribution in [1.29, 1.82) is 0 Å². The SMILES string of the molecule is O=C(C=Cc1ccc(-c2ccccc2[N+](=O)[O-])o1)N1CCN(c2c(F)c(F)c(Cl)c(F)c2F)CC1. The summed E-state index contributed by atoms with van der Waals surface area (Å²) in [6, 6.07) is 9.14. The molecular formula is C23H16ClF4N3O4. The molecule has 1 aliphatic heterocycles. The van der Waals surface area contributed by atoms with Crippen LogP contribution < -0.4 is 4.90 Å². The van der Waals surface area contributed by atoms with Gasteiger partial charge < -0.3 is 14.2 Å². The second-order valence-corrected chi connectivity index (χ2v) is 7.92. The monoisotopic (exact) mass is 509 g/mol. The van der Waals surface area contributed by atoms with Crippen LogP contribution in [-0.2, 0) is 4.79 Å². The Bertz CT molecular complexity index is 1310. The Morgan fingerprint density at radius 3 is 2.23 bits per heavy atom. The third kappa shape index (κ3) is 4.72. The number of rotatable bonds is 5. The Kier molecular flexibility index (Phi) is 6.79. The molecule has 0 radical (unpaired) electrons. The van der Waals surface area contributed by atoms with Gasteiger partial charge in [0.25, 0.3) is 5.69 Å². The number of hydrogen-bond donors (Lipinski definition) is 0. The fourth-order valence-electron chi connectivity index (χ4n) is 3.71. The summed E-state index contributed by atoms with van der Waals surface area (Å²) >= 11 is 5.26.